The van der Waals surface area contributed by atoms with Crippen molar-refractivity contribution in [1.82, 2.24) is 0 Å². The Hall–Kier alpha value is -2.33. The molecule has 0 heterocycles. The van der Waals surface area contributed by atoms with E-state index in [0.717, 1.165) is 12.1 Å². The van der Waals surface area contributed by atoms with Crippen LogP contribution in [0.5, 0.6) is 0 Å². The van der Waals surface area contributed by atoms with Crippen LogP contribution in [0.1, 0.15) is 20.3 Å². The van der Waals surface area contributed by atoms with Crippen LogP contribution in [0.3, 0.4) is 0 Å². The molecule has 0 aromatic heterocycles. The van der Waals surface area contributed by atoms with E-state index in [2.05, 4.69) is 24.2 Å². The van der Waals surface area contributed by atoms with Crippen molar-refractivity contribution in [3.63, 3.8) is 0 Å². The van der Waals surface area contributed by atoms with Crippen LogP contribution in [-0.2, 0) is 0 Å². The van der Waals surface area contributed by atoms with Crippen LogP contribution >= 0.6 is 0 Å². The summed E-state index contributed by atoms with van der Waals surface area (Å²) in [5.74, 6) is 0.119. The quantitative estimate of drug-likeness (QED) is 0.647. The molecule has 4 nitrogen and oxygen atoms in total. The minimum absolute atomic E-state index is 0.428. The zero-order valence-corrected chi connectivity index (χ0v) is 11.3. The predicted octanol–water partition coefficient (Wildman–Crippen LogP) is 3.21. The zero-order valence-electron chi connectivity index (χ0n) is 11.3. The molecule has 4 heteroatoms. The second kappa shape index (κ2) is 7.89. The van der Waals surface area contributed by atoms with Crippen molar-refractivity contribution < 1.29 is 0 Å². The molecule has 0 radical (unpaired) electrons. The maximum Gasteiger partial charge on any atom is 0.190 e. The number of hydrogen-bond acceptors (Lipinski definition) is 3. The molecule has 0 aliphatic carbocycles. The first-order valence-electron chi connectivity index (χ1n) is 6.33. The lowest BCUT2D eigenvalue weighted by Crippen LogP contribution is -2.21. The number of benzene rings is 1. The summed E-state index contributed by atoms with van der Waals surface area (Å²) in [4.78, 5) is 4.36. The van der Waals surface area contributed by atoms with E-state index in [9.17, 15) is 0 Å². The number of nitrogens with zero attached hydrogens (tertiary/aromatic N) is 3. The van der Waals surface area contributed by atoms with Crippen molar-refractivity contribution in [3.05, 3.63) is 30.3 Å². The Morgan fingerprint density at radius 2 is 1.84 bits per heavy atom. The third kappa shape index (κ3) is 5.23. The molecule has 0 fully saturated rings. The number of aliphatic imine (C=N–C) groups is 1. The van der Waals surface area contributed by atoms with Gasteiger partial charge in [-0.2, -0.15) is 10.5 Å². The Kier molecular flexibility index (Phi) is 6.12. The van der Waals surface area contributed by atoms with Gasteiger partial charge in [0.05, 0.1) is 12.1 Å². The summed E-state index contributed by atoms with van der Waals surface area (Å²) in [7, 11) is 0. The van der Waals surface area contributed by atoms with E-state index in [1.165, 1.54) is 0 Å². The summed E-state index contributed by atoms with van der Waals surface area (Å²) >= 11 is 0. The van der Waals surface area contributed by atoms with Gasteiger partial charge >= 0.3 is 0 Å². The molecular weight excluding hydrogens is 236 g/mol. The molecule has 0 aliphatic rings. The summed E-state index contributed by atoms with van der Waals surface area (Å²) in [5.41, 5.74) is 0.835. The van der Waals surface area contributed by atoms with Crippen LogP contribution in [0, 0.1) is 34.5 Å². The molecule has 0 spiro atoms. The Bertz CT molecular complexity index is 477. The SMILES string of the molecule is CC(C)CCN=C(Nc1ccccc1)C(C#N)C#N. The molecule has 0 saturated heterocycles. The Labute approximate surface area is 114 Å². The number of rotatable bonds is 5. The fourth-order valence-electron chi connectivity index (χ4n) is 1.47. The van der Waals surface area contributed by atoms with Gasteiger partial charge in [0.1, 0.15) is 5.84 Å². The average molecular weight is 254 g/mol. The topological polar surface area (TPSA) is 72.0 Å². The summed E-state index contributed by atoms with van der Waals surface area (Å²) < 4.78 is 0. The molecule has 1 aromatic rings. The van der Waals surface area contributed by atoms with E-state index in [0.29, 0.717) is 18.3 Å². The van der Waals surface area contributed by atoms with Crippen LogP contribution in [0.15, 0.2) is 35.3 Å². The van der Waals surface area contributed by atoms with E-state index in [1.807, 2.05) is 42.5 Å². The van der Waals surface area contributed by atoms with Gasteiger partial charge in [-0.25, -0.2) is 0 Å². The zero-order chi connectivity index (χ0) is 14.1. The molecule has 0 atom stereocenters. The number of hydrogen-bond donors (Lipinski definition) is 1. The van der Waals surface area contributed by atoms with Crippen molar-refractivity contribution >= 4 is 11.5 Å². The maximum atomic E-state index is 8.99. The Balaban J connectivity index is 2.81. The normalized spacial score (nSPS) is 11.2. The van der Waals surface area contributed by atoms with Crippen LogP contribution in [0.4, 0.5) is 5.69 Å². The first-order chi connectivity index (χ1) is 9.17. The highest BCUT2D eigenvalue weighted by Crippen LogP contribution is 2.09. The lowest BCUT2D eigenvalue weighted by molar-refractivity contribution is 0.596. The monoisotopic (exact) mass is 254 g/mol. The molecule has 0 unspecified atom stereocenters. The molecule has 19 heavy (non-hydrogen) atoms. The van der Waals surface area contributed by atoms with Crippen molar-refractivity contribution in [2.24, 2.45) is 16.8 Å². The molecular formula is C15H18N4. The third-order valence-corrected chi connectivity index (χ3v) is 2.57. The number of anilines is 1. The average Bonchev–Trinajstić information content (AvgIpc) is 2.40. The minimum atomic E-state index is -0.854. The predicted molar refractivity (Wildman–Crippen MR) is 76.5 cm³/mol. The summed E-state index contributed by atoms with van der Waals surface area (Å²) in [6.45, 7) is 4.85. The van der Waals surface area contributed by atoms with Gasteiger partial charge in [-0.1, -0.05) is 32.0 Å². The molecule has 1 aromatic carbocycles. The van der Waals surface area contributed by atoms with Gasteiger partial charge in [0.2, 0.25) is 0 Å². The molecule has 1 rings (SSSR count). The highest BCUT2D eigenvalue weighted by Gasteiger charge is 2.14. The molecule has 0 saturated carbocycles. The van der Waals surface area contributed by atoms with Crippen LogP contribution in [-0.4, -0.2) is 12.4 Å². The van der Waals surface area contributed by atoms with Crippen LogP contribution in [0.2, 0.25) is 0 Å². The fourth-order valence-corrected chi connectivity index (χ4v) is 1.47. The molecule has 0 amide bonds. The number of nitrogens with one attached hydrogen (secondary N) is 1. The highest BCUT2D eigenvalue weighted by molar-refractivity contribution is 6.00. The number of para-hydroxylation sites is 1. The van der Waals surface area contributed by atoms with E-state index in [1.54, 1.807) is 0 Å². The number of amidine groups is 1. The van der Waals surface area contributed by atoms with E-state index in [-0.39, 0.29) is 0 Å². The second-order valence-electron chi connectivity index (χ2n) is 4.63. The van der Waals surface area contributed by atoms with E-state index >= 15 is 0 Å². The van der Waals surface area contributed by atoms with Crippen molar-refractivity contribution in [1.29, 1.82) is 10.5 Å². The first kappa shape index (κ1) is 14.7. The van der Waals surface area contributed by atoms with E-state index < -0.39 is 5.92 Å². The smallest absolute Gasteiger partial charge is 0.190 e. The Morgan fingerprint density at radius 3 is 2.37 bits per heavy atom. The standard InChI is InChI=1S/C15H18N4/c1-12(2)8-9-18-15(13(10-16)11-17)19-14-6-4-3-5-7-14/h3-7,12-13H,8-9H2,1-2H3,(H,18,19). The third-order valence-electron chi connectivity index (χ3n) is 2.57. The van der Waals surface area contributed by atoms with Gasteiger partial charge in [-0.05, 0) is 24.5 Å². The number of nitriles is 2. The van der Waals surface area contributed by atoms with Gasteiger partial charge in [-0.3, -0.25) is 4.99 Å². The first-order valence-corrected chi connectivity index (χ1v) is 6.33. The lowest BCUT2D eigenvalue weighted by Gasteiger charge is -2.11. The minimum Gasteiger partial charge on any atom is -0.342 e. The summed E-state index contributed by atoms with van der Waals surface area (Å²) in [6.07, 6.45) is 0.934. The van der Waals surface area contributed by atoms with E-state index in [4.69, 9.17) is 10.5 Å². The molecule has 98 valence electrons. The maximum absolute atomic E-state index is 8.99. The van der Waals surface area contributed by atoms with Gasteiger partial charge < -0.3 is 5.32 Å². The molecule has 0 bridgehead atoms. The highest BCUT2D eigenvalue weighted by atomic mass is 15.0. The second-order valence-corrected chi connectivity index (χ2v) is 4.63. The molecule has 0 aliphatic heterocycles. The van der Waals surface area contributed by atoms with Crippen LogP contribution in [0.25, 0.3) is 0 Å². The van der Waals surface area contributed by atoms with Crippen molar-refractivity contribution in [2.75, 3.05) is 11.9 Å². The summed E-state index contributed by atoms with van der Waals surface area (Å²) in [5, 5.41) is 21.0. The van der Waals surface area contributed by atoms with Crippen molar-refractivity contribution in [2.45, 2.75) is 20.3 Å². The Morgan fingerprint density at radius 1 is 1.21 bits per heavy atom. The lowest BCUT2D eigenvalue weighted by atomic mass is 10.1. The van der Waals surface area contributed by atoms with Crippen molar-refractivity contribution in [3.8, 4) is 12.1 Å². The van der Waals surface area contributed by atoms with Gasteiger partial charge in [-0.15, -0.1) is 0 Å². The largest absolute Gasteiger partial charge is 0.342 e. The fraction of sp³-hybridized carbons (Fsp3) is 0.400. The van der Waals surface area contributed by atoms with Gasteiger partial charge in [0.25, 0.3) is 0 Å². The van der Waals surface area contributed by atoms with Gasteiger partial charge in [0, 0.05) is 12.2 Å². The van der Waals surface area contributed by atoms with Gasteiger partial charge in [0.15, 0.2) is 5.92 Å². The summed E-state index contributed by atoms with van der Waals surface area (Å²) in [6, 6.07) is 13.4. The van der Waals surface area contributed by atoms with Crippen LogP contribution < -0.4 is 5.32 Å². The molecule has 1 N–H and O–H groups in total.